The van der Waals surface area contributed by atoms with E-state index in [0.717, 1.165) is 14.3 Å². The van der Waals surface area contributed by atoms with Crippen molar-refractivity contribution in [3.63, 3.8) is 0 Å². The van der Waals surface area contributed by atoms with Crippen LogP contribution in [-0.4, -0.2) is 12.0 Å². The van der Waals surface area contributed by atoms with E-state index in [1.54, 1.807) is 23.9 Å². The molecule has 0 bridgehead atoms. The van der Waals surface area contributed by atoms with E-state index < -0.39 is 0 Å². The minimum atomic E-state index is -0.390. The number of benzene rings is 2. The third-order valence-corrected chi connectivity index (χ3v) is 4.84. The molecule has 2 rings (SSSR count). The predicted molar refractivity (Wildman–Crippen MR) is 88.8 cm³/mol. The Labute approximate surface area is 136 Å². The van der Waals surface area contributed by atoms with Crippen LogP contribution in [0.25, 0.3) is 0 Å². The maximum atomic E-state index is 10.6. The average molecular weight is 367 g/mol. The summed E-state index contributed by atoms with van der Waals surface area (Å²) in [6.07, 6.45) is 0. The Balaban J connectivity index is 2.16. The fourth-order valence-corrected chi connectivity index (χ4v) is 3.58. The molecule has 0 radical (unpaired) electrons. The number of nitrogens with one attached hydrogen (secondary N) is 1. The van der Waals surface area contributed by atoms with Gasteiger partial charge in [0, 0.05) is 32.4 Å². The molecule has 0 aromatic heterocycles. The molecule has 4 nitrogen and oxygen atoms in total. The van der Waals surface area contributed by atoms with E-state index in [9.17, 15) is 10.1 Å². The lowest BCUT2D eigenvalue weighted by Gasteiger charge is -2.13. The average Bonchev–Trinajstić information content (AvgIpc) is 2.47. The van der Waals surface area contributed by atoms with Gasteiger partial charge in [-0.25, -0.2) is 0 Å². The third-order valence-electron chi connectivity index (χ3n) is 3.15. The highest BCUT2D eigenvalue weighted by atomic mass is 79.9. The van der Waals surface area contributed by atoms with Crippen molar-refractivity contribution in [2.75, 3.05) is 7.05 Å². The summed E-state index contributed by atoms with van der Waals surface area (Å²) in [6.45, 7) is 2.10. The van der Waals surface area contributed by atoms with Crippen LogP contribution in [0.3, 0.4) is 0 Å². The van der Waals surface area contributed by atoms with Gasteiger partial charge >= 0.3 is 0 Å². The molecular weight excluding hydrogens is 352 g/mol. The van der Waals surface area contributed by atoms with E-state index in [1.165, 1.54) is 17.7 Å². The van der Waals surface area contributed by atoms with Crippen LogP contribution in [0.15, 0.2) is 56.7 Å². The Morgan fingerprint density at radius 3 is 2.33 bits per heavy atom. The first-order valence-corrected chi connectivity index (χ1v) is 8.01. The van der Waals surface area contributed by atoms with E-state index >= 15 is 0 Å². The number of nitro benzene ring substituents is 1. The zero-order valence-corrected chi connectivity index (χ0v) is 14.1. The van der Waals surface area contributed by atoms with Gasteiger partial charge in [0.15, 0.2) is 0 Å². The zero-order valence-electron chi connectivity index (χ0n) is 11.7. The van der Waals surface area contributed by atoms with Crippen LogP contribution in [0.5, 0.6) is 0 Å². The molecule has 0 spiro atoms. The second-order valence-electron chi connectivity index (χ2n) is 4.55. The van der Waals surface area contributed by atoms with Gasteiger partial charge in [-0.05, 0) is 43.8 Å². The summed E-state index contributed by atoms with van der Waals surface area (Å²) in [7, 11) is 1.93. The van der Waals surface area contributed by atoms with Gasteiger partial charge in [-0.15, -0.1) is 0 Å². The lowest BCUT2D eigenvalue weighted by atomic mass is 10.1. The fourth-order valence-electron chi connectivity index (χ4n) is 1.85. The first-order valence-electron chi connectivity index (χ1n) is 6.40. The van der Waals surface area contributed by atoms with Crippen LogP contribution in [-0.2, 0) is 0 Å². The molecule has 0 aliphatic carbocycles. The second kappa shape index (κ2) is 7.06. The van der Waals surface area contributed by atoms with E-state index in [1.807, 2.05) is 7.05 Å². The molecule has 0 heterocycles. The van der Waals surface area contributed by atoms with Gasteiger partial charge in [-0.2, -0.15) is 0 Å². The number of halogens is 1. The van der Waals surface area contributed by atoms with Crippen molar-refractivity contribution < 1.29 is 4.92 Å². The first kappa shape index (κ1) is 16.0. The summed E-state index contributed by atoms with van der Waals surface area (Å²) in [4.78, 5) is 12.3. The van der Waals surface area contributed by atoms with Crippen LogP contribution in [0, 0.1) is 10.1 Å². The molecule has 6 heteroatoms. The lowest BCUT2D eigenvalue weighted by Crippen LogP contribution is -2.12. The molecule has 2 aromatic carbocycles. The molecule has 1 N–H and O–H groups in total. The molecular formula is C15H15BrN2O2S. The molecule has 110 valence electrons. The summed E-state index contributed by atoms with van der Waals surface area (Å²) in [5, 5.41) is 13.8. The van der Waals surface area contributed by atoms with E-state index in [0.29, 0.717) is 0 Å². The number of nitrogens with zero attached hydrogens (tertiary/aromatic N) is 1. The van der Waals surface area contributed by atoms with Gasteiger partial charge in [0.2, 0.25) is 0 Å². The van der Waals surface area contributed by atoms with Crippen molar-refractivity contribution in [2.45, 2.75) is 22.8 Å². The number of rotatable bonds is 5. The molecule has 0 aliphatic heterocycles. The molecule has 2 aromatic rings. The van der Waals surface area contributed by atoms with Crippen LogP contribution < -0.4 is 5.32 Å². The topological polar surface area (TPSA) is 55.2 Å². The predicted octanol–water partition coefficient (Wildman–Crippen LogP) is 4.79. The lowest BCUT2D eigenvalue weighted by molar-refractivity contribution is -0.384. The van der Waals surface area contributed by atoms with Gasteiger partial charge in [0.25, 0.3) is 5.69 Å². The van der Waals surface area contributed by atoms with Crippen molar-refractivity contribution in [3.05, 3.63) is 62.6 Å². The first-order chi connectivity index (χ1) is 10.0. The smallest absolute Gasteiger partial charge is 0.269 e. The Morgan fingerprint density at radius 1 is 1.19 bits per heavy atom. The molecule has 0 aliphatic rings. The monoisotopic (exact) mass is 366 g/mol. The maximum absolute atomic E-state index is 10.6. The summed E-state index contributed by atoms with van der Waals surface area (Å²) in [5.74, 6) is 0. The highest BCUT2D eigenvalue weighted by Gasteiger charge is 2.09. The van der Waals surface area contributed by atoms with Gasteiger partial charge in [-0.3, -0.25) is 10.1 Å². The molecule has 0 amide bonds. The van der Waals surface area contributed by atoms with Crippen LogP contribution in [0.2, 0.25) is 0 Å². The second-order valence-corrected chi connectivity index (χ2v) is 6.55. The normalized spacial score (nSPS) is 12.1. The molecule has 1 unspecified atom stereocenters. The molecule has 21 heavy (non-hydrogen) atoms. The number of non-ortho nitro benzene ring substituents is 1. The fraction of sp³-hybridized carbons (Fsp3) is 0.200. The van der Waals surface area contributed by atoms with Crippen molar-refractivity contribution in [3.8, 4) is 0 Å². The van der Waals surface area contributed by atoms with Gasteiger partial charge in [-0.1, -0.05) is 33.8 Å². The maximum Gasteiger partial charge on any atom is 0.269 e. The number of hydrogen-bond donors (Lipinski definition) is 1. The molecule has 1 atom stereocenters. The highest BCUT2D eigenvalue weighted by molar-refractivity contribution is 9.10. The van der Waals surface area contributed by atoms with Crippen LogP contribution in [0.4, 0.5) is 5.69 Å². The standard InChI is InChI=1S/C15H15BrN2O2S/c1-10(17-2)14-8-7-13(9-15(14)16)21-12-5-3-11(4-6-12)18(19)20/h3-10,17H,1-2H3. The van der Waals surface area contributed by atoms with Crippen LogP contribution in [0.1, 0.15) is 18.5 Å². The van der Waals surface area contributed by atoms with E-state index in [4.69, 9.17) is 0 Å². The number of hydrogen-bond acceptors (Lipinski definition) is 4. The SMILES string of the molecule is CNC(C)c1ccc(Sc2ccc([N+](=O)[O-])cc2)cc1Br. The quantitative estimate of drug-likeness (QED) is 0.610. The summed E-state index contributed by atoms with van der Waals surface area (Å²) in [5.41, 5.74) is 1.31. The third kappa shape index (κ3) is 4.06. The Bertz CT molecular complexity index is 647. The van der Waals surface area contributed by atoms with Gasteiger partial charge < -0.3 is 5.32 Å². The van der Waals surface area contributed by atoms with Crippen molar-refractivity contribution in [1.82, 2.24) is 5.32 Å². The minimum absolute atomic E-state index is 0.110. The highest BCUT2D eigenvalue weighted by Crippen LogP contribution is 2.33. The van der Waals surface area contributed by atoms with Crippen molar-refractivity contribution in [1.29, 1.82) is 0 Å². The molecule has 0 fully saturated rings. The minimum Gasteiger partial charge on any atom is -0.313 e. The summed E-state index contributed by atoms with van der Waals surface area (Å²) in [6, 6.07) is 13.1. The summed E-state index contributed by atoms with van der Waals surface area (Å²) < 4.78 is 1.05. The molecule has 0 saturated heterocycles. The Kier molecular flexibility index (Phi) is 5.39. The van der Waals surface area contributed by atoms with Gasteiger partial charge in [0.05, 0.1) is 4.92 Å². The molecule has 0 saturated carbocycles. The zero-order chi connectivity index (χ0) is 15.4. The Morgan fingerprint density at radius 2 is 1.81 bits per heavy atom. The largest absolute Gasteiger partial charge is 0.313 e. The summed E-state index contributed by atoms with van der Waals surface area (Å²) >= 11 is 5.17. The van der Waals surface area contributed by atoms with Crippen molar-refractivity contribution >= 4 is 33.4 Å². The van der Waals surface area contributed by atoms with Gasteiger partial charge in [0.1, 0.15) is 0 Å². The Hall–Kier alpha value is -1.37. The van der Waals surface area contributed by atoms with E-state index in [2.05, 4.69) is 46.4 Å². The van der Waals surface area contributed by atoms with Crippen molar-refractivity contribution in [2.24, 2.45) is 0 Å². The van der Waals surface area contributed by atoms with Crippen LogP contribution >= 0.6 is 27.7 Å². The van der Waals surface area contributed by atoms with E-state index in [-0.39, 0.29) is 16.7 Å². The number of nitro groups is 1.